The van der Waals surface area contributed by atoms with Gasteiger partial charge in [-0.25, -0.2) is 0 Å². The van der Waals surface area contributed by atoms with Crippen molar-refractivity contribution in [1.82, 2.24) is 5.32 Å². The van der Waals surface area contributed by atoms with Crippen LogP contribution < -0.4 is 5.32 Å². The van der Waals surface area contributed by atoms with Crippen molar-refractivity contribution in [2.75, 3.05) is 0 Å². The molecule has 98 valence electrons. The van der Waals surface area contributed by atoms with Gasteiger partial charge in [0.15, 0.2) is 5.76 Å². The minimum atomic E-state index is -0.687. The first-order chi connectivity index (χ1) is 8.56. The summed E-state index contributed by atoms with van der Waals surface area (Å²) in [6.45, 7) is 0. The van der Waals surface area contributed by atoms with E-state index >= 15 is 0 Å². The zero-order chi connectivity index (χ0) is 13.1. The van der Waals surface area contributed by atoms with Gasteiger partial charge in [0.2, 0.25) is 0 Å². The van der Waals surface area contributed by atoms with Crippen LogP contribution in [-0.2, 0) is 0 Å². The minimum absolute atomic E-state index is 0.00921. The van der Waals surface area contributed by atoms with E-state index in [-0.39, 0.29) is 17.9 Å². The Morgan fingerprint density at radius 3 is 2.61 bits per heavy atom. The summed E-state index contributed by atoms with van der Waals surface area (Å²) in [5, 5.41) is 22.5. The number of aliphatic hydroxyl groups is 1. The molecule has 18 heavy (non-hydrogen) atoms. The highest BCUT2D eigenvalue weighted by molar-refractivity contribution is 5.91. The third-order valence-electron chi connectivity index (χ3n) is 3.03. The highest BCUT2D eigenvalue weighted by Crippen LogP contribution is 2.20. The summed E-state index contributed by atoms with van der Waals surface area (Å²) in [6, 6.07) is 2.43. The molecule has 0 atom stereocenters. The molecule has 0 saturated heterocycles. The number of hydrogen-bond acceptors (Lipinski definition) is 5. The van der Waals surface area contributed by atoms with Crippen molar-refractivity contribution in [3.8, 4) is 0 Å². The molecule has 1 aromatic heterocycles. The lowest BCUT2D eigenvalue weighted by molar-refractivity contribution is -0.402. The second-order valence-corrected chi connectivity index (χ2v) is 4.37. The number of nitrogens with zero attached hydrogens (tertiary/aromatic N) is 1. The number of aliphatic hydroxyl groups excluding tert-OH is 1. The molecule has 7 heteroatoms. The highest BCUT2D eigenvalue weighted by Gasteiger charge is 2.23. The number of furan rings is 1. The van der Waals surface area contributed by atoms with Crippen LogP contribution in [0.15, 0.2) is 16.5 Å². The van der Waals surface area contributed by atoms with Gasteiger partial charge in [-0.15, -0.1) is 0 Å². The molecule has 1 heterocycles. The number of nitro groups is 1. The van der Waals surface area contributed by atoms with Crippen LogP contribution in [0.5, 0.6) is 0 Å². The minimum Gasteiger partial charge on any atom is -0.395 e. The van der Waals surface area contributed by atoms with Gasteiger partial charge in [0, 0.05) is 6.04 Å². The van der Waals surface area contributed by atoms with Crippen LogP contribution in [0, 0.1) is 10.1 Å². The van der Waals surface area contributed by atoms with E-state index in [1.165, 1.54) is 6.07 Å². The van der Waals surface area contributed by atoms with Gasteiger partial charge in [0.25, 0.3) is 5.91 Å². The van der Waals surface area contributed by atoms with Crippen molar-refractivity contribution in [2.24, 2.45) is 0 Å². The van der Waals surface area contributed by atoms with Crippen molar-refractivity contribution in [3.63, 3.8) is 0 Å². The summed E-state index contributed by atoms with van der Waals surface area (Å²) in [5.41, 5.74) is 0. The number of nitrogens with one attached hydrogen (secondary N) is 1. The molecule has 2 rings (SSSR count). The Hall–Kier alpha value is -1.89. The quantitative estimate of drug-likeness (QED) is 0.623. The molecule has 0 spiro atoms. The Morgan fingerprint density at radius 2 is 2.06 bits per heavy atom. The lowest BCUT2D eigenvalue weighted by Gasteiger charge is -2.25. The zero-order valence-corrected chi connectivity index (χ0v) is 9.67. The van der Waals surface area contributed by atoms with E-state index in [2.05, 4.69) is 5.32 Å². The fraction of sp³-hybridized carbons (Fsp3) is 0.545. The monoisotopic (exact) mass is 254 g/mol. The fourth-order valence-electron chi connectivity index (χ4n) is 2.02. The number of hydrogen-bond donors (Lipinski definition) is 2. The van der Waals surface area contributed by atoms with E-state index in [1.807, 2.05) is 0 Å². The van der Waals surface area contributed by atoms with Crippen LogP contribution in [0.2, 0.25) is 0 Å². The summed E-state index contributed by atoms with van der Waals surface area (Å²) < 4.78 is 4.81. The smallest absolute Gasteiger partial charge is 0.395 e. The van der Waals surface area contributed by atoms with Crippen molar-refractivity contribution in [3.05, 3.63) is 28.0 Å². The molecule has 1 amide bonds. The summed E-state index contributed by atoms with van der Waals surface area (Å²) in [5.74, 6) is -0.962. The van der Waals surface area contributed by atoms with Gasteiger partial charge in [0.05, 0.1) is 12.2 Å². The first-order valence-electron chi connectivity index (χ1n) is 5.79. The topological polar surface area (TPSA) is 106 Å². The highest BCUT2D eigenvalue weighted by atomic mass is 16.6. The van der Waals surface area contributed by atoms with Crippen LogP contribution in [0.1, 0.15) is 36.2 Å². The SMILES string of the molecule is O=C(NC1CCC(O)CC1)c1ccc([N+](=O)[O-])o1. The number of carbonyl (C=O) groups is 1. The van der Waals surface area contributed by atoms with Gasteiger partial charge >= 0.3 is 5.88 Å². The molecular weight excluding hydrogens is 240 g/mol. The molecule has 1 fully saturated rings. The van der Waals surface area contributed by atoms with E-state index in [9.17, 15) is 20.0 Å². The van der Waals surface area contributed by atoms with Crippen LogP contribution in [-0.4, -0.2) is 28.1 Å². The second kappa shape index (κ2) is 5.18. The average Bonchev–Trinajstić information content (AvgIpc) is 2.81. The molecule has 0 aliphatic heterocycles. The maximum atomic E-state index is 11.7. The van der Waals surface area contributed by atoms with Crippen LogP contribution in [0.3, 0.4) is 0 Å². The standard InChI is InChI=1S/C11H14N2O5/c14-8-3-1-7(2-4-8)12-11(15)9-5-6-10(18-9)13(16)17/h5-8,14H,1-4H2,(H,12,15). The summed E-state index contributed by atoms with van der Waals surface area (Å²) in [4.78, 5) is 21.5. The molecule has 0 aromatic carbocycles. The van der Waals surface area contributed by atoms with Crippen LogP contribution >= 0.6 is 0 Å². The predicted octanol–water partition coefficient (Wildman–Crippen LogP) is 1.22. The first kappa shape index (κ1) is 12.6. The van der Waals surface area contributed by atoms with Gasteiger partial charge in [-0.2, -0.15) is 0 Å². The fourth-order valence-corrected chi connectivity index (χ4v) is 2.02. The molecule has 0 radical (unpaired) electrons. The predicted molar refractivity (Wildman–Crippen MR) is 61.1 cm³/mol. The summed E-state index contributed by atoms with van der Waals surface area (Å²) in [6.07, 6.45) is 2.43. The Labute approximate surface area is 103 Å². The number of carbonyl (C=O) groups excluding carboxylic acids is 1. The van der Waals surface area contributed by atoms with Crippen molar-refractivity contribution in [1.29, 1.82) is 0 Å². The van der Waals surface area contributed by atoms with E-state index in [0.717, 1.165) is 6.07 Å². The van der Waals surface area contributed by atoms with Gasteiger partial charge in [0.1, 0.15) is 4.92 Å². The normalized spacial score (nSPS) is 23.6. The van der Waals surface area contributed by atoms with E-state index in [4.69, 9.17) is 4.42 Å². The summed E-state index contributed by atoms with van der Waals surface area (Å²) in [7, 11) is 0. The molecule has 1 aliphatic rings. The van der Waals surface area contributed by atoms with Gasteiger partial charge < -0.3 is 14.8 Å². The van der Waals surface area contributed by atoms with Gasteiger partial charge in [-0.05, 0) is 31.7 Å². The molecule has 0 bridgehead atoms. The van der Waals surface area contributed by atoms with Gasteiger partial charge in [-0.1, -0.05) is 0 Å². The molecular formula is C11H14N2O5. The lowest BCUT2D eigenvalue weighted by atomic mass is 9.93. The van der Waals surface area contributed by atoms with Crippen LogP contribution in [0.4, 0.5) is 5.88 Å². The Morgan fingerprint density at radius 1 is 1.39 bits per heavy atom. The number of amides is 1. The number of rotatable bonds is 3. The van der Waals surface area contributed by atoms with Crippen LogP contribution in [0.25, 0.3) is 0 Å². The third-order valence-corrected chi connectivity index (χ3v) is 3.03. The molecule has 0 unspecified atom stereocenters. The largest absolute Gasteiger partial charge is 0.433 e. The lowest BCUT2D eigenvalue weighted by Crippen LogP contribution is -2.38. The Balaban J connectivity index is 1.93. The maximum Gasteiger partial charge on any atom is 0.433 e. The molecule has 2 N–H and O–H groups in total. The van der Waals surface area contributed by atoms with Crippen molar-refractivity contribution in [2.45, 2.75) is 37.8 Å². The van der Waals surface area contributed by atoms with Gasteiger partial charge in [-0.3, -0.25) is 14.9 Å². The second-order valence-electron chi connectivity index (χ2n) is 4.37. The molecule has 1 aliphatic carbocycles. The maximum absolute atomic E-state index is 11.7. The summed E-state index contributed by atoms with van der Waals surface area (Å²) >= 11 is 0. The Kier molecular flexibility index (Phi) is 3.61. The first-order valence-corrected chi connectivity index (χ1v) is 5.79. The zero-order valence-electron chi connectivity index (χ0n) is 9.67. The molecule has 1 aromatic rings. The Bertz CT molecular complexity index is 448. The van der Waals surface area contributed by atoms with E-state index in [1.54, 1.807) is 0 Å². The molecule has 7 nitrogen and oxygen atoms in total. The van der Waals surface area contributed by atoms with Crippen molar-refractivity contribution < 1.29 is 19.2 Å². The average molecular weight is 254 g/mol. The molecule has 1 saturated carbocycles. The van der Waals surface area contributed by atoms with E-state index in [0.29, 0.717) is 25.7 Å². The van der Waals surface area contributed by atoms with E-state index < -0.39 is 16.7 Å². The third kappa shape index (κ3) is 2.86. The van der Waals surface area contributed by atoms with Crippen molar-refractivity contribution >= 4 is 11.8 Å².